The van der Waals surface area contributed by atoms with Crippen LogP contribution in [0.4, 0.5) is 13.2 Å². The van der Waals surface area contributed by atoms with Crippen molar-refractivity contribution in [1.82, 2.24) is 9.80 Å². The number of carboxylic acids is 1. The third-order valence-electron chi connectivity index (χ3n) is 6.22. The summed E-state index contributed by atoms with van der Waals surface area (Å²) in [4.78, 5) is 26.1. The first-order valence-corrected chi connectivity index (χ1v) is 10.5. The third kappa shape index (κ3) is 6.81. The molecule has 0 bridgehead atoms. The van der Waals surface area contributed by atoms with Crippen LogP contribution in [0.1, 0.15) is 39.0 Å². The summed E-state index contributed by atoms with van der Waals surface area (Å²) < 4.78 is 43.0. The maximum atomic E-state index is 12.7. The lowest BCUT2D eigenvalue weighted by molar-refractivity contribution is -0.192. The van der Waals surface area contributed by atoms with Crippen molar-refractivity contribution in [2.24, 2.45) is 11.8 Å². The summed E-state index contributed by atoms with van der Waals surface area (Å²) in [5, 5.41) is 7.12. The monoisotopic (exact) mass is 438 g/mol. The average molecular weight is 438 g/mol. The number of hydrogen-bond donors (Lipinski definition) is 1. The Morgan fingerprint density at radius 3 is 2.30 bits per heavy atom. The molecule has 3 fully saturated rings. The van der Waals surface area contributed by atoms with Crippen molar-refractivity contribution in [2.75, 3.05) is 53.0 Å². The van der Waals surface area contributed by atoms with Crippen molar-refractivity contribution in [1.29, 1.82) is 0 Å². The van der Waals surface area contributed by atoms with Crippen molar-refractivity contribution in [3.63, 3.8) is 0 Å². The molecule has 1 unspecified atom stereocenters. The van der Waals surface area contributed by atoms with Crippen molar-refractivity contribution in [3.8, 4) is 0 Å². The molecule has 0 radical (unpaired) electrons. The van der Waals surface area contributed by atoms with Crippen molar-refractivity contribution < 1.29 is 37.3 Å². The Kier molecular flexibility index (Phi) is 8.93. The maximum absolute atomic E-state index is 12.7. The highest BCUT2D eigenvalue weighted by atomic mass is 19.4. The molecule has 1 atom stereocenters. The number of hydrogen-bond acceptors (Lipinski definition) is 5. The van der Waals surface area contributed by atoms with E-state index >= 15 is 0 Å². The number of methoxy groups -OCH3 is 1. The van der Waals surface area contributed by atoms with Gasteiger partial charge in [0, 0.05) is 26.2 Å². The van der Waals surface area contributed by atoms with E-state index in [9.17, 15) is 18.0 Å². The minimum atomic E-state index is -5.08. The molecule has 3 aliphatic heterocycles. The van der Waals surface area contributed by atoms with Gasteiger partial charge in [0.25, 0.3) is 0 Å². The number of carboxylic acid groups (broad SMARTS) is 1. The minimum Gasteiger partial charge on any atom is -0.475 e. The molecule has 3 aliphatic rings. The number of carbonyl (C=O) groups is 2. The highest BCUT2D eigenvalue weighted by Gasteiger charge is 2.50. The first kappa shape index (κ1) is 24.9. The summed E-state index contributed by atoms with van der Waals surface area (Å²) in [5.74, 6) is -1.46. The first-order valence-electron chi connectivity index (χ1n) is 10.5. The predicted octanol–water partition coefficient (Wildman–Crippen LogP) is 2.40. The van der Waals surface area contributed by atoms with Gasteiger partial charge in [0.05, 0.1) is 13.1 Å². The number of likely N-dealkylation sites (tertiary alicyclic amines) is 2. The lowest BCUT2D eigenvalue weighted by Gasteiger charge is -2.54. The van der Waals surface area contributed by atoms with E-state index in [4.69, 9.17) is 19.4 Å². The summed E-state index contributed by atoms with van der Waals surface area (Å²) in [7, 11) is 1.77. The van der Waals surface area contributed by atoms with Gasteiger partial charge in [-0.2, -0.15) is 13.2 Å². The van der Waals surface area contributed by atoms with Crippen LogP contribution < -0.4 is 0 Å². The van der Waals surface area contributed by atoms with Crippen LogP contribution in [-0.4, -0.2) is 91.6 Å². The largest absolute Gasteiger partial charge is 0.490 e. The fourth-order valence-electron chi connectivity index (χ4n) is 4.44. The van der Waals surface area contributed by atoms with Gasteiger partial charge in [-0.15, -0.1) is 0 Å². The van der Waals surface area contributed by atoms with Gasteiger partial charge < -0.3 is 24.4 Å². The van der Waals surface area contributed by atoms with E-state index in [1.54, 1.807) is 7.11 Å². The number of carbonyl (C=O) groups excluding carboxylic acids is 1. The predicted molar refractivity (Wildman–Crippen MR) is 103 cm³/mol. The number of halogens is 3. The van der Waals surface area contributed by atoms with E-state index < -0.39 is 12.1 Å². The zero-order chi connectivity index (χ0) is 22.4. The van der Waals surface area contributed by atoms with E-state index in [2.05, 4.69) is 11.8 Å². The summed E-state index contributed by atoms with van der Waals surface area (Å²) in [6.45, 7) is 8.73. The number of alkyl halides is 3. The third-order valence-corrected chi connectivity index (χ3v) is 6.22. The molecule has 1 spiro atoms. The average Bonchev–Trinajstić information content (AvgIpc) is 2.70. The second kappa shape index (κ2) is 10.8. The quantitative estimate of drug-likeness (QED) is 0.710. The highest BCUT2D eigenvalue weighted by Crippen LogP contribution is 2.39. The number of piperidine rings is 1. The summed E-state index contributed by atoms with van der Waals surface area (Å²) >= 11 is 0. The summed E-state index contributed by atoms with van der Waals surface area (Å²) in [6.07, 6.45) is 0.301. The topological polar surface area (TPSA) is 79.3 Å². The van der Waals surface area contributed by atoms with Crippen LogP contribution in [0.25, 0.3) is 0 Å². The molecule has 0 aliphatic carbocycles. The van der Waals surface area contributed by atoms with Crippen molar-refractivity contribution >= 4 is 11.9 Å². The second-order valence-electron chi connectivity index (χ2n) is 8.38. The van der Waals surface area contributed by atoms with Crippen LogP contribution in [0.2, 0.25) is 0 Å². The lowest BCUT2D eigenvalue weighted by Crippen LogP contribution is -2.67. The van der Waals surface area contributed by atoms with Gasteiger partial charge in [-0.05, 0) is 57.7 Å². The van der Waals surface area contributed by atoms with Gasteiger partial charge in [0.2, 0.25) is 5.91 Å². The molecule has 30 heavy (non-hydrogen) atoms. The standard InChI is InChI=1S/C18H32N2O3.C2HF3O2/c1-3-19-8-4-16(5-9-19)17(21)20-13-18(14-20)12-15(6-10-22-2)7-11-23-18;3-2(4,5)1(6)7/h15-16H,3-14H2,1-2H3;(H,6,7). The molecule has 0 aromatic rings. The Morgan fingerprint density at radius 1 is 1.20 bits per heavy atom. The smallest absolute Gasteiger partial charge is 0.475 e. The Hall–Kier alpha value is -1.39. The summed E-state index contributed by atoms with van der Waals surface area (Å²) in [6, 6.07) is 0. The molecular formula is C20H33F3N2O5. The molecule has 7 nitrogen and oxygen atoms in total. The lowest BCUT2D eigenvalue weighted by atomic mass is 9.78. The van der Waals surface area contributed by atoms with Crippen LogP contribution in [0.3, 0.4) is 0 Å². The van der Waals surface area contributed by atoms with Gasteiger partial charge in [0.1, 0.15) is 5.60 Å². The molecule has 174 valence electrons. The van der Waals surface area contributed by atoms with Crippen LogP contribution in [0, 0.1) is 11.8 Å². The van der Waals surface area contributed by atoms with E-state index in [0.717, 1.165) is 78.0 Å². The molecule has 1 amide bonds. The zero-order valence-electron chi connectivity index (χ0n) is 17.7. The van der Waals surface area contributed by atoms with Crippen LogP contribution >= 0.6 is 0 Å². The van der Waals surface area contributed by atoms with Gasteiger partial charge in [-0.3, -0.25) is 4.79 Å². The fraction of sp³-hybridized carbons (Fsp3) is 0.900. The van der Waals surface area contributed by atoms with Gasteiger partial charge in [-0.1, -0.05) is 6.92 Å². The van der Waals surface area contributed by atoms with Crippen LogP contribution in [0.15, 0.2) is 0 Å². The number of amides is 1. The van der Waals surface area contributed by atoms with Crippen LogP contribution in [-0.2, 0) is 19.1 Å². The second-order valence-corrected chi connectivity index (χ2v) is 8.38. The van der Waals surface area contributed by atoms with E-state index in [1.807, 2.05) is 4.90 Å². The van der Waals surface area contributed by atoms with Crippen LogP contribution in [0.5, 0.6) is 0 Å². The highest BCUT2D eigenvalue weighted by molar-refractivity contribution is 5.80. The van der Waals surface area contributed by atoms with Gasteiger partial charge in [-0.25, -0.2) is 4.79 Å². The molecule has 3 rings (SSSR count). The molecule has 1 N–H and O–H groups in total. The first-order chi connectivity index (χ1) is 14.1. The zero-order valence-corrected chi connectivity index (χ0v) is 17.7. The SMILES string of the molecule is CCN1CCC(C(=O)N2CC3(CC(CCOC)CCO3)C2)CC1.O=C(O)C(F)(F)F. The number of aliphatic carboxylic acids is 1. The molecular weight excluding hydrogens is 405 g/mol. The van der Waals surface area contributed by atoms with E-state index in [0.29, 0.717) is 11.8 Å². The normalized spacial score (nSPS) is 24.7. The summed E-state index contributed by atoms with van der Waals surface area (Å²) in [5.41, 5.74) is -0.0452. The number of rotatable bonds is 5. The molecule has 0 aromatic heterocycles. The van der Waals surface area contributed by atoms with E-state index in [-0.39, 0.29) is 11.5 Å². The Bertz CT molecular complexity index is 573. The van der Waals surface area contributed by atoms with E-state index in [1.165, 1.54) is 0 Å². The Labute approximate surface area is 175 Å². The molecule has 0 saturated carbocycles. The fourth-order valence-corrected chi connectivity index (χ4v) is 4.44. The van der Waals surface area contributed by atoms with Crippen molar-refractivity contribution in [3.05, 3.63) is 0 Å². The Balaban J connectivity index is 0.000000396. The Morgan fingerprint density at radius 2 is 1.80 bits per heavy atom. The van der Waals surface area contributed by atoms with Crippen molar-refractivity contribution in [2.45, 2.75) is 50.8 Å². The molecule has 0 aromatic carbocycles. The van der Waals surface area contributed by atoms with Gasteiger partial charge >= 0.3 is 12.1 Å². The molecule has 10 heteroatoms. The van der Waals surface area contributed by atoms with Gasteiger partial charge in [0.15, 0.2) is 0 Å². The number of nitrogens with zero attached hydrogens (tertiary/aromatic N) is 2. The molecule has 3 heterocycles. The maximum Gasteiger partial charge on any atom is 0.490 e. The minimum absolute atomic E-state index is 0.0452. The molecule has 3 saturated heterocycles. The number of ether oxygens (including phenoxy) is 2.